The molecule has 86 valence electrons. The van der Waals surface area contributed by atoms with Crippen molar-refractivity contribution in [3.8, 4) is 0 Å². The Labute approximate surface area is 95.1 Å². The van der Waals surface area contributed by atoms with Gasteiger partial charge >= 0.3 is 0 Å². The molecule has 0 aliphatic rings. The topological polar surface area (TPSA) is 47.0 Å². The third-order valence-corrected chi connectivity index (χ3v) is 3.24. The van der Waals surface area contributed by atoms with Crippen LogP contribution in [0.5, 0.6) is 0 Å². The maximum Gasteiger partial charge on any atom is 0.134 e. The molecular formula is C10H19N3OS. The van der Waals surface area contributed by atoms with Gasteiger partial charge in [0.05, 0.1) is 12.6 Å². The second-order valence-electron chi connectivity index (χ2n) is 3.45. The van der Waals surface area contributed by atoms with E-state index in [1.807, 2.05) is 0 Å². The smallest absolute Gasteiger partial charge is 0.134 e. The number of nitrogens with one attached hydrogen (secondary N) is 1. The Morgan fingerprint density at radius 1 is 1.47 bits per heavy atom. The number of hydrogen-bond donors (Lipinski definition) is 1. The first-order chi connectivity index (χ1) is 7.27. The lowest BCUT2D eigenvalue weighted by atomic mass is 10.3. The highest BCUT2D eigenvalue weighted by Gasteiger charge is 2.10. The van der Waals surface area contributed by atoms with Crippen molar-refractivity contribution >= 4 is 11.3 Å². The van der Waals surface area contributed by atoms with E-state index in [2.05, 4.69) is 29.4 Å². The van der Waals surface area contributed by atoms with E-state index in [4.69, 9.17) is 4.74 Å². The Balaban J connectivity index is 2.43. The van der Waals surface area contributed by atoms with E-state index < -0.39 is 0 Å². The molecule has 1 atom stereocenters. The third-order valence-electron chi connectivity index (χ3n) is 2.07. The zero-order valence-electron chi connectivity index (χ0n) is 9.62. The Bertz CT molecular complexity index is 277. The van der Waals surface area contributed by atoms with Gasteiger partial charge in [0, 0.05) is 13.5 Å². The molecule has 0 spiro atoms. The molecule has 0 fully saturated rings. The molecule has 5 heteroatoms. The van der Waals surface area contributed by atoms with E-state index in [9.17, 15) is 0 Å². The fraction of sp³-hybridized carbons (Fsp3) is 0.800. The molecule has 1 aromatic heterocycles. The maximum atomic E-state index is 5.00. The van der Waals surface area contributed by atoms with Gasteiger partial charge in [-0.3, -0.25) is 0 Å². The quantitative estimate of drug-likeness (QED) is 0.774. The van der Waals surface area contributed by atoms with Crippen LogP contribution in [0.25, 0.3) is 0 Å². The number of methoxy groups -OCH3 is 1. The van der Waals surface area contributed by atoms with E-state index in [0.29, 0.717) is 12.6 Å². The van der Waals surface area contributed by atoms with Gasteiger partial charge < -0.3 is 10.1 Å². The average molecular weight is 229 g/mol. The number of rotatable bonds is 7. The van der Waals surface area contributed by atoms with Crippen molar-refractivity contribution in [2.24, 2.45) is 0 Å². The van der Waals surface area contributed by atoms with Crippen LogP contribution >= 0.6 is 11.3 Å². The van der Waals surface area contributed by atoms with Crippen LogP contribution in [0.2, 0.25) is 0 Å². The summed E-state index contributed by atoms with van der Waals surface area (Å²) >= 11 is 1.67. The molecule has 1 heterocycles. The fourth-order valence-electron chi connectivity index (χ4n) is 1.18. The van der Waals surface area contributed by atoms with Crippen molar-refractivity contribution < 1.29 is 4.74 Å². The molecule has 1 aromatic rings. The summed E-state index contributed by atoms with van der Waals surface area (Å²) in [6.07, 6.45) is 1.99. The van der Waals surface area contributed by atoms with Crippen molar-refractivity contribution in [2.75, 3.05) is 20.3 Å². The zero-order valence-corrected chi connectivity index (χ0v) is 10.4. The predicted octanol–water partition coefficient (Wildman–Crippen LogP) is 1.79. The molecule has 0 amide bonds. The molecule has 0 bridgehead atoms. The first-order valence-electron chi connectivity index (χ1n) is 5.32. The third kappa shape index (κ3) is 4.24. The SMILES string of the molecule is CCCNC(C)c1nnc(CCOC)s1. The number of hydrogen-bond acceptors (Lipinski definition) is 5. The van der Waals surface area contributed by atoms with Crippen molar-refractivity contribution in [3.63, 3.8) is 0 Å². The molecule has 0 saturated carbocycles. The first kappa shape index (κ1) is 12.5. The summed E-state index contributed by atoms with van der Waals surface area (Å²) in [5.74, 6) is 0. The highest BCUT2D eigenvalue weighted by Crippen LogP contribution is 2.17. The Morgan fingerprint density at radius 3 is 2.93 bits per heavy atom. The molecule has 0 aliphatic heterocycles. The van der Waals surface area contributed by atoms with Gasteiger partial charge in [0.15, 0.2) is 0 Å². The zero-order chi connectivity index (χ0) is 11.1. The van der Waals surface area contributed by atoms with Crippen LogP contribution in [-0.4, -0.2) is 30.5 Å². The maximum absolute atomic E-state index is 5.00. The average Bonchev–Trinajstić information content (AvgIpc) is 2.71. The van der Waals surface area contributed by atoms with Gasteiger partial charge in [-0.25, -0.2) is 0 Å². The van der Waals surface area contributed by atoms with Gasteiger partial charge in [-0.1, -0.05) is 18.3 Å². The molecular weight excluding hydrogens is 210 g/mol. The minimum atomic E-state index is 0.304. The van der Waals surface area contributed by atoms with E-state index in [-0.39, 0.29) is 0 Å². The second-order valence-corrected chi connectivity index (χ2v) is 4.55. The Kier molecular flexibility index (Phi) is 5.75. The van der Waals surface area contributed by atoms with Gasteiger partial charge in [-0.05, 0) is 19.9 Å². The van der Waals surface area contributed by atoms with Crippen molar-refractivity contribution in [1.82, 2.24) is 15.5 Å². The fourth-order valence-corrected chi connectivity index (χ4v) is 2.03. The molecule has 0 radical (unpaired) electrons. The summed E-state index contributed by atoms with van der Waals surface area (Å²) in [6, 6.07) is 0.304. The number of aromatic nitrogens is 2. The van der Waals surface area contributed by atoms with E-state index in [1.54, 1.807) is 18.4 Å². The predicted molar refractivity (Wildman–Crippen MR) is 62.2 cm³/mol. The molecule has 4 nitrogen and oxygen atoms in total. The summed E-state index contributed by atoms with van der Waals surface area (Å²) in [4.78, 5) is 0. The molecule has 1 unspecified atom stereocenters. The van der Waals surface area contributed by atoms with Gasteiger partial charge in [-0.2, -0.15) is 0 Å². The summed E-state index contributed by atoms with van der Waals surface area (Å²) in [5, 5.41) is 13.8. The molecule has 15 heavy (non-hydrogen) atoms. The summed E-state index contributed by atoms with van der Waals surface area (Å²) in [5.41, 5.74) is 0. The van der Waals surface area contributed by atoms with Crippen molar-refractivity contribution in [3.05, 3.63) is 10.0 Å². The molecule has 0 saturated heterocycles. The lowest BCUT2D eigenvalue weighted by Gasteiger charge is -2.08. The van der Waals surface area contributed by atoms with Gasteiger partial charge in [-0.15, -0.1) is 10.2 Å². The monoisotopic (exact) mass is 229 g/mol. The Morgan fingerprint density at radius 2 is 2.27 bits per heavy atom. The van der Waals surface area contributed by atoms with Gasteiger partial charge in [0.25, 0.3) is 0 Å². The summed E-state index contributed by atoms with van der Waals surface area (Å²) in [6.45, 7) is 6.01. The number of ether oxygens (including phenoxy) is 1. The van der Waals surface area contributed by atoms with Crippen LogP contribution < -0.4 is 5.32 Å². The van der Waals surface area contributed by atoms with Crippen LogP contribution in [0, 0.1) is 0 Å². The standard InChI is InChI=1S/C10H19N3OS/c1-4-6-11-8(2)10-13-12-9(15-10)5-7-14-3/h8,11H,4-7H2,1-3H3. The van der Waals surface area contributed by atoms with Crippen LogP contribution in [-0.2, 0) is 11.2 Å². The minimum absolute atomic E-state index is 0.304. The van der Waals surface area contributed by atoms with Crippen molar-refractivity contribution in [2.45, 2.75) is 32.7 Å². The molecule has 1 rings (SSSR count). The summed E-state index contributed by atoms with van der Waals surface area (Å²) < 4.78 is 5.00. The van der Waals surface area contributed by atoms with Gasteiger partial charge in [0.2, 0.25) is 0 Å². The highest BCUT2D eigenvalue weighted by atomic mass is 32.1. The largest absolute Gasteiger partial charge is 0.384 e. The van der Waals surface area contributed by atoms with E-state index in [1.165, 1.54) is 0 Å². The molecule has 1 N–H and O–H groups in total. The molecule has 0 aromatic carbocycles. The van der Waals surface area contributed by atoms with Crippen LogP contribution in [0.15, 0.2) is 0 Å². The normalized spacial score (nSPS) is 13.0. The van der Waals surface area contributed by atoms with Gasteiger partial charge in [0.1, 0.15) is 10.0 Å². The van der Waals surface area contributed by atoms with E-state index in [0.717, 1.165) is 29.4 Å². The Hall–Kier alpha value is -0.520. The van der Waals surface area contributed by atoms with Crippen molar-refractivity contribution in [1.29, 1.82) is 0 Å². The lowest BCUT2D eigenvalue weighted by molar-refractivity contribution is 0.202. The first-order valence-corrected chi connectivity index (χ1v) is 6.14. The van der Waals surface area contributed by atoms with Crippen LogP contribution in [0.3, 0.4) is 0 Å². The van der Waals surface area contributed by atoms with Crippen LogP contribution in [0.4, 0.5) is 0 Å². The minimum Gasteiger partial charge on any atom is -0.384 e. The summed E-state index contributed by atoms with van der Waals surface area (Å²) in [7, 11) is 1.70. The lowest BCUT2D eigenvalue weighted by Crippen LogP contribution is -2.18. The van der Waals surface area contributed by atoms with E-state index >= 15 is 0 Å². The number of nitrogens with zero attached hydrogens (tertiary/aromatic N) is 2. The van der Waals surface area contributed by atoms with Crippen LogP contribution in [0.1, 0.15) is 36.3 Å². The second kappa shape index (κ2) is 6.87. The molecule has 0 aliphatic carbocycles. The highest BCUT2D eigenvalue weighted by molar-refractivity contribution is 7.11.